The molecule has 8 nitrogen and oxygen atoms in total. The monoisotopic (exact) mass is 534 g/mol. The summed E-state index contributed by atoms with van der Waals surface area (Å²) in [5.41, 5.74) is 8.24. The van der Waals surface area contributed by atoms with Crippen LogP contribution in [0.3, 0.4) is 0 Å². The van der Waals surface area contributed by atoms with Gasteiger partial charge in [-0.3, -0.25) is 9.59 Å². The minimum absolute atomic E-state index is 0.282. The zero-order chi connectivity index (χ0) is 27.7. The van der Waals surface area contributed by atoms with Crippen LogP contribution in [0.15, 0.2) is 102 Å². The number of nitriles is 1. The summed E-state index contributed by atoms with van der Waals surface area (Å²) in [4.78, 5) is 37.8. The van der Waals surface area contributed by atoms with E-state index in [9.17, 15) is 14.9 Å². The van der Waals surface area contributed by atoms with Gasteiger partial charge in [-0.05, 0) is 46.5 Å². The number of aromatic amines is 1. The molecule has 3 aliphatic carbocycles. The Morgan fingerprint density at radius 3 is 2.27 bits per heavy atom. The Labute approximate surface area is 235 Å². The second-order valence-corrected chi connectivity index (χ2v) is 10.6. The first-order valence-electron chi connectivity index (χ1n) is 13.4. The summed E-state index contributed by atoms with van der Waals surface area (Å²) < 4.78 is 0. The molecule has 4 aliphatic rings. The lowest BCUT2D eigenvalue weighted by Gasteiger charge is -2.52. The Balaban J connectivity index is 1.33. The highest BCUT2D eigenvalue weighted by molar-refractivity contribution is 6.25. The summed E-state index contributed by atoms with van der Waals surface area (Å²) in [7, 11) is 0. The Kier molecular flexibility index (Phi) is 4.82. The van der Waals surface area contributed by atoms with Gasteiger partial charge in [0.15, 0.2) is 0 Å². The van der Waals surface area contributed by atoms with E-state index in [0.29, 0.717) is 11.6 Å². The average molecular weight is 535 g/mol. The van der Waals surface area contributed by atoms with Crippen LogP contribution >= 0.6 is 0 Å². The van der Waals surface area contributed by atoms with Crippen LogP contribution in [0.5, 0.6) is 0 Å². The number of rotatable bonds is 4. The number of H-pyrrole nitrogens is 1. The maximum Gasteiger partial charge on any atom is 0.239 e. The van der Waals surface area contributed by atoms with Crippen LogP contribution in [0.1, 0.15) is 33.7 Å². The number of hydrogen-bond acceptors (Lipinski definition) is 6. The zero-order valence-electron chi connectivity index (χ0n) is 21.7. The smallest absolute Gasteiger partial charge is 0.239 e. The number of imidazole rings is 1. The summed E-state index contributed by atoms with van der Waals surface area (Å²) in [6.07, 6.45) is 1.77. The first-order valence-corrected chi connectivity index (χ1v) is 13.4. The highest BCUT2D eigenvalue weighted by Gasteiger charge is 2.68. The average Bonchev–Trinajstić information content (AvgIpc) is 3.55. The Morgan fingerprint density at radius 2 is 1.54 bits per heavy atom. The van der Waals surface area contributed by atoms with Gasteiger partial charge >= 0.3 is 0 Å². The number of aromatic nitrogens is 2. The van der Waals surface area contributed by atoms with Crippen LogP contribution in [0.25, 0.3) is 11.0 Å². The van der Waals surface area contributed by atoms with Crippen molar-refractivity contribution >= 4 is 40.7 Å². The van der Waals surface area contributed by atoms with Gasteiger partial charge in [-0.2, -0.15) is 10.4 Å². The number of carbonyl (C=O) groups is 2. The summed E-state index contributed by atoms with van der Waals surface area (Å²) in [6.45, 7) is 0. The molecular weight excluding hydrogens is 512 g/mol. The predicted octanol–water partition coefficient (Wildman–Crippen LogP) is 5.08. The summed E-state index contributed by atoms with van der Waals surface area (Å²) in [6, 6.07) is 32.6. The van der Waals surface area contributed by atoms with Crippen LogP contribution in [0.4, 0.5) is 11.6 Å². The number of anilines is 2. The molecule has 2 bridgehead atoms. The van der Waals surface area contributed by atoms with E-state index < -0.39 is 17.3 Å². The molecule has 2 atom stereocenters. The SMILES string of the molecule is N#Cc1ccccc1N1C(=O)[C@@H]2[C@@H](C1=O)C1c3ccccc3C2(/C=N\Nc2nc3ccccc3[nH]2)c2ccccc21. The summed E-state index contributed by atoms with van der Waals surface area (Å²) >= 11 is 0. The molecule has 1 fully saturated rings. The van der Waals surface area contributed by atoms with Gasteiger partial charge < -0.3 is 4.98 Å². The van der Waals surface area contributed by atoms with Crippen molar-refractivity contribution in [3.8, 4) is 6.07 Å². The molecular formula is C33H22N6O2. The standard InChI is InChI=1S/C33H22N6O2/c34-17-19-9-1-8-16-26(19)39-30(40)28-27-20-10-2-4-12-22(20)33(29(28)31(39)41,23-13-5-3-11-21(23)27)18-35-38-32-36-24-14-6-7-15-25(24)37-32/h1-16,18,27-29H,(H2,36,37,38)/b35-18-/t27?,28-,29-,33?/m0/s1. The first kappa shape index (κ1) is 23.3. The molecule has 1 saturated heterocycles. The van der Waals surface area contributed by atoms with Crippen molar-refractivity contribution in [3.63, 3.8) is 0 Å². The van der Waals surface area contributed by atoms with Crippen molar-refractivity contribution in [2.75, 3.05) is 10.3 Å². The molecule has 5 aromatic rings. The van der Waals surface area contributed by atoms with Gasteiger partial charge in [0.25, 0.3) is 0 Å². The highest BCUT2D eigenvalue weighted by Crippen LogP contribution is 2.63. The largest absolute Gasteiger partial charge is 0.323 e. The van der Waals surface area contributed by atoms with Gasteiger partial charge in [0.05, 0.1) is 39.5 Å². The number of nitrogens with zero attached hydrogens (tertiary/aromatic N) is 4. The Morgan fingerprint density at radius 1 is 0.878 bits per heavy atom. The van der Waals surface area contributed by atoms with Crippen molar-refractivity contribution in [1.82, 2.24) is 9.97 Å². The van der Waals surface area contributed by atoms with E-state index in [4.69, 9.17) is 0 Å². The van der Waals surface area contributed by atoms with Gasteiger partial charge in [0.1, 0.15) is 6.07 Å². The molecule has 0 unspecified atom stereocenters. The predicted molar refractivity (Wildman–Crippen MR) is 154 cm³/mol. The third-order valence-corrected chi connectivity index (χ3v) is 8.78. The van der Waals surface area contributed by atoms with Crippen LogP contribution in [-0.4, -0.2) is 28.0 Å². The molecule has 1 aromatic heterocycles. The van der Waals surface area contributed by atoms with Crippen LogP contribution in [0.2, 0.25) is 0 Å². The zero-order valence-corrected chi connectivity index (χ0v) is 21.7. The lowest BCUT2D eigenvalue weighted by Crippen LogP contribution is -2.54. The molecule has 4 aromatic carbocycles. The first-order chi connectivity index (χ1) is 20.1. The molecule has 9 rings (SSSR count). The molecule has 41 heavy (non-hydrogen) atoms. The van der Waals surface area contributed by atoms with Gasteiger partial charge in [0, 0.05) is 12.1 Å². The molecule has 2 heterocycles. The Hall–Kier alpha value is -5.55. The highest BCUT2D eigenvalue weighted by atomic mass is 16.2. The quantitative estimate of drug-likeness (QED) is 0.190. The van der Waals surface area contributed by atoms with E-state index in [1.54, 1.807) is 30.5 Å². The van der Waals surface area contributed by atoms with E-state index in [1.165, 1.54) is 4.90 Å². The minimum atomic E-state index is -1.02. The number of hydrazone groups is 1. The number of nitrogens with one attached hydrogen (secondary N) is 2. The van der Waals surface area contributed by atoms with E-state index in [0.717, 1.165) is 33.3 Å². The van der Waals surface area contributed by atoms with Crippen molar-refractivity contribution in [3.05, 3.63) is 125 Å². The van der Waals surface area contributed by atoms with E-state index in [1.807, 2.05) is 72.8 Å². The lowest BCUT2D eigenvalue weighted by molar-refractivity contribution is -0.122. The molecule has 196 valence electrons. The summed E-state index contributed by atoms with van der Waals surface area (Å²) in [5.74, 6) is -1.82. The number of carbonyl (C=O) groups excluding carboxylic acids is 2. The molecule has 2 N–H and O–H groups in total. The fraction of sp³-hybridized carbons (Fsp3) is 0.121. The third-order valence-electron chi connectivity index (χ3n) is 8.78. The Bertz CT molecular complexity index is 1900. The lowest BCUT2D eigenvalue weighted by atomic mass is 9.47. The molecule has 2 amide bonds. The van der Waals surface area contributed by atoms with Crippen molar-refractivity contribution in [1.29, 1.82) is 5.26 Å². The van der Waals surface area contributed by atoms with E-state index in [-0.39, 0.29) is 23.3 Å². The maximum atomic E-state index is 14.5. The van der Waals surface area contributed by atoms with Crippen LogP contribution < -0.4 is 10.3 Å². The van der Waals surface area contributed by atoms with Crippen molar-refractivity contribution in [2.45, 2.75) is 11.3 Å². The molecule has 0 saturated carbocycles. The van der Waals surface area contributed by atoms with Crippen LogP contribution in [0, 0.1) is 23.2 Å². The molecule has 8 heteroatoms. The fourth-order valence-electron chi connectivity index (χ4n) is 7.25. The van der Waals surface area contributed by atoms with Gasteiger partial charge in [0.2, 0.25) is 17.8 Å². The molecule has 0 spiro atoms. The topological polar surface area (TPSA) is 114 Å². The number of benzene rings is 4. The van der Waals surface area contributed by atoms with E-state index in [2.05, 4.69) is 26.6 Å². The van der Waals surface area contributed by atoms with Crippen molar-refractivity contribution in [2.24, 2.45) is 16.9 Å². The minimum Gasteiger partial charge on any atom is -0.323 e. The number of imide groups is 1. The molecule has 1 aliphatic heterocycles. The number of hydrogen-bond donors (Lipinski definition) is 2. The maximum absolute atomic E-state index is 14.5. The normalized spacial score (nSPS) is 23.9. The second-order valence-electron chi connectivity index (χ2n) is 10.6. The summed E-state index contributed by atoms with van der Waals surface area (Å²) in [5, 5.41) is 14.5. The van der Waals surface area contributed by atoms with Gasteiger partial charge in [-0.15, -0.1) is 0 Å². The number of fused-ring (bicyclic) bond motifs is 1. The molecule has 0 radical (unpaired) electrons. The number of amides is 2. The number of para-hydroxylation sites is 3. The fourth-order valence-corrected chi connectivity index (χ4v) is 7.25. The van der Waals surface area contributed by atoms with E-state index >= 15 is 0 Å². The second kappa shape index (κ2) is 8.47. The van der Waals surface area contributed by atoms with Crippen molar-refractivity contribution < 1.29 is 9.59 Å². The van der Waals surface area contributed by atoms with Crippen LogP contribution in [-0.2, 0) is 15.0 Å². The third kappa shape index (κ3) is 3.03. The van der Waals surface area contributed by atoms with Gasteiger partial charge in [-0.1, -0.05) is 72.8 Å². The van der Waals surface area contributed by atoms with Gasteiger partial charge in [-0.25, -0.2) is 15.3 Å².